The van der Waals surface area contributed by atoms with Crippen molar-refractivity contribution < 1.29 is 9.90 Å². The van der Waals surface area contributed by atoms with Crippen LogP contribution in [0.1, 0.15) is 25.1 Å². The topological polar surface area (TPSA) is 95.8 Å². The average molecular weight is 353 g/mol. The zero-order chi connectivity index (χ0) is 17.9. The van der Waals surface area contributed by atoms with Crippen molar-refractivity contribution in [3.8, 4) is 0 Å². The maximum absolute atomic E-state index is 12.3. The quantitative estimate of drug-likeness (QED) is 0.628. The van der Waals surface area contributed by atoms with Gasteiger partial charge in [0.05, 0.1) is 23.2 Å². The standard InChI is InChI=1S/C19H23N5O2/c25-17-11-13(12-24-9-3-8-20-24)10-16(17)23-19(26)7-6-18-21-14-4-1-2-5-15(14)22-18/h1-5,8-9,13,16-17,25H,6-7,10-12H2,(H,21,22)(H,23,26)/t13?,16-,17-/m1/s1. The Labute approximate surface area is 151 Å². The number of H-pyrrole nitrogens is 1. The van der Waals surface area contributed by atoms with E-state index in [-0.39, 0.29) is 11.9 Å². The summed E-state index contributed by atoms with van der Waals surface area (Å²) in [5, 5.41) is 17.4. The fourth-order valence-corrected chi connectivity index (χ4v) is 3.73. The largest absolute Gasteiger partial charge is 0.391 e. The van der Waals surface area contributed by atoms with E-state index in [9.17, 15) is 9.90 Å². The second-order valence-corrected chi connectivity index (χ2v) is 7.01. The van der Waals surface area contributed by atoms with E-state index in [1.807, 2.05) is 41.2 Å². The molecule has 1 aliphatic rings. The van der Waals surface area contributed by atoms with Crippen LogP contribution in [0.3, 0.4) is 0 Å². The third kappa shape index (κ3) is 3.77. The molecule has 3 atom stereocenters. The van der Waals surface area contributed by atoms with Gasteiger partial charge < -0.3 is 15.4 Å². The Morgan fingerprint density at radius 1 is 1.31 bits per heavy atom. The van der Waals surface area contributed by atoms with Gasteiger partial charge in [-0.3, -0.25) is 9.48 Å². The number of nitrogens with one attached hydrogen (secondary N) is 2. The molecule has 1 unspecified atom stereocenters. The molecule has 2 aromatic heterocycles. The Morgan fingerprint density at radius 3 is 3.00 bits per heavy atom. The number of aromatic nitrogens is 4. The molecule has 26 heavy (non-hydrogen) atoms. The molecule has 7 heteroatoms. The minimum Gasteiger partial charge on any atom is -0.391 e. The van der Waals surface area contributed by atoms with E-state index >= 15 is 0 Å². The Morgan fingerprint density at radius 2 is 2.19 bits per heavy atom. The summed E-state index contributed by atoms with van der Waals surface area (Å²) in [6.07, 6.45) is 5.55. The molecular formula is C19H23N5O2. The summed E-state index contributed by atoms with van der Waals surface area (Å²) >= 11 is 0. The molecule has 1 aromatic carbocycles. The summed E-state index contributed by atoms with van der Waals surface area (Å²) in [6.45, 7) is 0.773. The molecule has 4 rings (SSSR count). The van der Waals surface area contributed by atoms with E-state index in [2.05, 4.69) is 20.4 Å². The first-order chi connectivity index (χ1) is 12.7. The number of aromatic amines is 1. The minimum atomic E-state index is -0.495. The highest BCUT2D eigenvalue weighted by molar-refractivity contribution is 5.77. The number of aryl methyl sites for hydroxylation is 1. The summed E-state index contributed by atoms with van der Waals surface area (Å²) in [4.78, 5) is 20.0. The first kappa shape index (κ1) is 16.8. The molecule has 1 amide bonds. The maximum Gasteiger partial charge on any atom is 0.220 e. The van der Waals surface area contributed by atoms with Crippen molar-refractivity contribution in [2.24, 2.45) is 5.92 Å². The van der Waals surface area contributed by atoms with Crippen LogP contribution in [0.2, 0.25) is 0 Å². The third-order valence-electron chi connectivity index (χ3n) is 5.00. The number of para-hydroxylation sites is 2. The highest BCUT2D eigenvalue weighted by Crippen LogP contribution is 2.27. The zero-order valence-corrected chi connectivity index (χ0v) is 14.5. The lowest BCUT2D eigenvalue weighted by atomic mass is 10.1. The number of aliphatic hydroxyl groups excluding tert-OH is 1. The number of hydrogen-bond acceptors (Lipinski definition) is 4. The van der Waals surface area contributed by atoms with Gasteiger partial charge in [-0.25, -0.2) is 4.98 Å². The van der Waals surface area contributed by atoms with Crippen molar-refractivity contribution in [1.82, 2.24) is 25.1 Å². The van der Waals surface area contributed by atoms with Crippen LogP contribution >= 0.6 is 0 Å². The van der Waals surface area contributed by atoms with Gasteiger partial charge in [-0.15, -0.1) is 0 Å². The van der Waals surface area contributed by atoms with Crippen molar-refractivity contribution in [1.29, 1.82) is 0 Å². The summed E-state index contributed by atoms with van der Waals surface area (Å²) in [7, 11) is 0. The smallest absolute Gasteiger partial charge is 0.220 e. The minimum absolute atomic E-state index is 0.0470. The van der Waals surface area contributed by atoms with Crippen molar-refractivity contribution >= 4 is 16.9 Å². The third-order valence-corrected chi connectivity index (χ3v) is 5.00. The van der Waals surface area contributed by atoms with Gasteiger partial charge in [-0.05, 0) is 37.0 Å². The van der Waals surface area contributed by atoms with Gasteiger partial charge in [0, 0.05) is 31.8 Å². The average Bonchev–Trinajstić information content (AvgIpc) is 3.34. The molecule has 1 fully saturated rings. The predicted octanol–water partition coefficient (Wildman–Crippen LogP) is 1.65. The molecule has 0 aliphatic heterocycles. The lowest BCUT2D eigenvalue weighted by molar-refractivity contribution is -0.122. The number of fused-ring (bicyclic) bond motifs is 1. The normalized spacial score (nSPS) is 22.7. The molecule has 1 saturated carbocycles. The number of hydrogen-bond donors (Lipinski definition) is 3. The lowest BCUT2D eigenvalue weighted by Crippen LogP contribution is -2.40. The number of rotatable bonds is 6. The predicted molar refractivity (Wildman–Crippen MR) is 97.3 cm³/mol. The van der Waals surface area contributed by atoms with E-state index in [1.54, 1.807) is 6.20 Å². The number of carbonyl (C=O) groups excluding carboxylic acids is 1. The van der Waals surface area contributed by atoms with Gasteiger partial charge in [-0.2, -0.15) is 5.10 Å². The lowest BCUT2D eigenvalue weighted by Gasteiger charge is -2.16. The Balaban J connectivity index is 1.27. The number of imidazole rings is 1. The van der Waals surface area contributed by atoms with Gasteiger partial charge in [-0.1, -0.05) is 12.1 Å². The molecular weight excluding hydrogens is 330 g/mol. The Kier molecular flexibility index (Phi) is 4.71. The van der Waals surface area contributed by atoms with Crippen LogP contribution < -0.4 is 5.32 Å². The molecule has 0 spiro atoms. The molecule has 3 aromatic rings. The number of aliphatic hydroxyl groups is 1. The second-order valence-electron chi connectivity index (χ2n) is 7.01. The van der Waals surface area contributed by atoms with Gasteiger partial charge in [0.1, 0.15) is 5.82 Å². The van der Waals surface area contributed by atoms with E-state index in [0.29, 0.717) is 25.2 Å². The molecule has 3 N–H and O–H groups in total. The van der Waals surface area contributed by atoms with Gasteiger partial charge in [0.25, 0.3) is 0 Å². The number of benzene rings is 1. The summed E-state index contributed by atoms with van der Waals surface area (Å²) in [5.41, 5.74) is 1.89. The van der Waals surface area contributed by atoms with E-state index in [4.69, 9.17) is 0 Å². The fraction of sp³-hybridized carbons (Fsp3) is 0.421. The monoisotopic (exact) mass is 353 g/mol. The molecule has 136 valence electrons. The molecule has 7 nitrogen and oxygen atoms in total. The summed E-state index contributed by atoms with van der Waals surface area (Å²) in [5.74, 6) is 1.09. The maximum atomic E-state index is 12.3. The van der Waals surface area contributed by atoms with Crippen LogP contribution in [-0.2, 0) is 17.8 Å². The fourth-order valence-electron chi connectivity index (χ4n) is 3.73. The highest BCUT2D eigenvalue weighted by atomic mass is 16.3. The number of carbonyl (C=O) groups is 1. The van der Waals surface area contributed by atoms with E-state index in [1.165, 1.54) is 0 Å². The van der Waals surface area contributed by atoms with E-state index < -0.39 is 6.10 Å². The van der Waals surface area contributed by atoms with Gasteiger partial charge in [0.2, 0.25) is 5.91 Å². The van der Waals surface area contributed by atoms with Crippen molar-refractivity contribution in [3.63, 3.8) is 0 Å². The van der Waals surface area contributed by atoms with Crippen molar-refractivity contribution in [2.45, 2.75) is 44.4 Å². The van der Waals surface area contributed by atoms with Crippen LogP contribution in [0.5, 0.6) is 0 Å². The zero-order valence-electron chi connectivity index (χ0n) is 14.5. The summed E-state index contributed by atoms with van der Waals surface area (Å²) in [6, 6.07) is 9.53. The van der Waals surface area contributed by atoms with Crippen LogP contribution in [-0.4, -0.2) is 42.9 Å². The molecule has 2 heterocycles. The Hall–Kier alpha value is -2.67. The Bertz CT molecular complexity index is 840. The van der Waals surface area contributed by atoms with Crippen LogP contribution in [0.25, 0.3) is 11.0 Å². The molecule has 0 saturated heterocycles. The van der Waals surface area contributed by atoms with Crippen LogP contribution in [0.4, 0.5) is 0 Å². The summed E-state index contributed by atoms with van der Waals surface area (Å²) < 4.78 is 1.88. The first-order valence-corrected chi connectivity index (χ1v) is 9.06. The van der Waals surface area contributed by atoms with Crippen LogP contribution in [0.15, 0.2) is 42.7 Å². The van der Waals surface area contributed by atoms with Crippen LogP contribution in [0, 0.1) is 5.92 Å². The van der Waals surface area contributed by atoms with Crippen molar-refractivity contribution in [2.75, 3.05) is 0 Å². The molecule has 0 bridgehead atoms. The van der Waals surface area contributed by atoms with Gasteiger partial charge >= 0.3 is 0 Å². The second kappa shape index (κ2) is 7.29. The highest BCUT2D eigenvalue weighted by Gasteiger charge is 2.34. The number of amides is 1. The molecule has 1 aliphatic carbocycles. The SMILES string of the molecule is O=C(CCc1nc2ccccc2[nH]1)N[C@@H]1CC(Cn2cccn2)C[C@H]1O. The van der Waals surface area contributed by atoms with E-state index in [0.717, 1.165) is 29.8 Å². The molecule has 0 radical (unpaired) electrons. The first-order valence-electron chi connectivity index (χ1n) is 9.06. The van der Waals surface area contributed by atoms with Gasteiger partial charge in [0.15, 0.2) is 0 Å². The number of nitrogens with zero attached hydrogens (tertiary/aromatic N) is 3. The van der Waals surface area contributed by atoms with Crippen molar-refractivity contribution in [3.05, 3.63) is 48.5 Å².